The molecule has 2 rings (SSSR count). The number of nitrogens with zero attached hydrogens (tertiary/aromatic N) is 1. The van der Waals surface area contributed by atoms with Crippen molar-refractivity contribution >= 4 is 12.0 Å². The van der Waals surface area contributed by atoms with Crippen LogP contribution < -0.4 is 5.32 Å². The Morgan fingerprint density at radius 1 is 1.44 bits per heavy atom. The molecule has 102 valence electrons. The van der Waals surface area contributed by atoms with Crippen molar-refractivity contribution in [3.63, 3.8) is 0 Å². The summed E-state index contributed by atoms with van der Waals surface area (Å²) in [4.78, 5) is 24.9. The number of likely N-dealkylation sites (tertiary alicyclic amines) is 1. The van der Waals surface area contributed by atoms with E-state index < -0.39 is 12.0 Å². The van der Waals surface area contributed by atoms with Crippen LogP contribution in [0.5, 0.6) is 0 Å². The third-order valence-electron chi connectivity index (χ3n) is 4.24. The number of hydrogen-bond acceptors (Lipinski definition) is 2. The first-order chi connectivity index (χ1) is 8.45. The largest absolute Gasteiger partial charge is 0.480 e. The minimum Gasteiger partial charge on any atom is -0.480 e. The van der Waals surface area contributed by atoms with Gasteiger partial charge >= 0.3 is 12.0 Å². The van der Waals surface area contributed by atoms with Crippen LogP contribution in [0.1, 0.15) is 46.0 Å². The van der Waals surface area contributed by atoms with Gasteiger partial charge in [0.25, 0.3) is 0 Å². The Bertz CT molecular complexity index is 352. The van der Waals surface area contributed by atoms with Crippen molar-refractivity contribution in [3.8, 4) is 0 Å². The normalized spacial score (nSPS) is 29.8. The van der Waals surface area contributed by atoms with Crippen molar-refractivity contribution in [2.45, 2.75) is 57.5 Å². The molecule has 0 aromatic heterocycles. The lowest BCUT2D eigenvalue weighted by Crippen LogP contribution is -2.55. The molecule has 1 saturated carbocycles. The summed E-state index contributed by atoms with van der Waals surface area (Å²) >= 11 is 0. The number of urea groups is 1. The number of nitrogens with one attached hydrogen (secondary N) is 1. The van der Waals surface area contributed by atoms with Crippen molar-refractivity contribution in [2.75, 3.05) is 6.54 Å². The van der Waals surface area contributed by atoms with Gasteiger partial charge in [0.2, 0.25) is 0 Å². The molecule has 1 aliphatic heterocycles. The van der Waals surface area contributed by atoms with Crippen molar-refractivity contribution in [1.82, 2.24) is 10.2 Å². The van der Waals surface area contributed by atoms with Gasteiger partial charge in [0.05, 0.1) is 0 Å². The second-order valence-corrected chi connectivity index (χ2v) is 5.84. The van der Waals surface area contributed by atoms with Crippen LogP contribution in [0.4, 0.5) is 4.79 Å². The van der Waals surface area contributed by atoms with E-state index in [-0.39, 0.29) is 11.6 Å². The molecule has 5 heteroatoms. The number of carboxylic acids is 1. The van der Waals surface area contributed by atoms with Crippen LogP contribution in [0, 0.1) is 5.92 Å². The van der Waals surface area contributed by atoms with E-state index in [0.29, 0.717) is 18.9 Å². The van der Waals surface area contributed by atoms with Crippen LogP contribution in [0.15, 0.2) is 0 Å². The van der Waals surface area contributed by atoms with Gasteiger partial charge in [-0.15, -0.1) is 0 Å². The fourth-order valence-corrected chi connectivity index (χ4v) is 2.53. The maximum Gasteiger partial charge on any atom is 0.326 e. The first-order valence-electron chi connectivity index (χ1n) is 6.77. The van der Waals surface area contributed by atoms with E-state index in [1.165, 1.54) is 4.90 Å². The monoisotopic (exact) mass is 254 g/mol. The molecule has 2 amide bonds. The smallest absolute Gasteiger partial charge is 0.326 e. The molecule has 2 N–H and O–H groups in total. The van der Waals surface area contributed by atoms with Gasteiger partial charge in [0.1, 0.15) is 6.04 Å². The van der Waals surface area contributed by atoms with E-state index in [1.54, 1.807) is 0 Å². The Morgan fingerprint density at radius 2 is 2.11 bits per heavy atom. The van der Waals surface area contributed by atoms with Gasteiger partial charge in [-0.25, -0.2) is 9.59 Å². The molecule has 1 heterocycles. The van der Waals surface area contributed by atoms with Gasteiger partial charge in [-0.1, -0.05) is 13.3 Å². The van der Waals surface area contributed by atoms with Crippen LogP contribution >= 0.6 is 0 Å². The maximum absolute atomic E-state index is 12.1. The summed E-state index contributed by atoms with van der Waals surface area (Å²) in [5.41, 5.74) is -0.0955. The highest BCUT2D eigenvalue weighted by molar-refractivity contribution is 5.83. The predicted octanol–water partition coefficient (Wildman–Crippen LogP) is 1.82. The second-order valence-electron chi connectivity index (χ2n) is 5.84. The molecule has 0 bridgehead atoms. The van der Waals surface area contributed by atoms with Crippen LogP contribution in [0.3, 0.4) is 0 Å². The molecular formula is C13H22N2O3. The van der Waals surface area contributed by atoms with E-state index in [1.807, 2.05) is 6.92 Å². The van der Waals surface area contributed by atoms with Crippen LogP contribution in [-0.4, -0.2) is 40.1 Å². The van der Waals surface area contributed by atoms with Gasteiger partial charge in [-0.2, -0.15) is 0 Å². The van der Waals surface area contributed by atoms with Crippen molar-refractivity contribution in [3.05, 3.63) is 0 Å². The first kappa shape index (κ1) is 13.2. The number of piperidine rings is 1. The Labute approximate surface area is 108 Å². The standard InChI is InChI=1S/C13H22N2O3/c1-3-9-4-7-15(10(8-9)11(16)17)12(18)14-13(2)5-6-13/h9-10H,3-8H2,1-2H3,(H,14,18)(H,16,17). The zero-order valence-corrected chi connectivity index (χ0v) is 11.1. The Hall–Kier alpha value is -1.26. The summed E-state index contributed by atoms with van der Waals surface area (Å²) < 4.78 is 0. The number of hydrogen-bond donors (Lipinski definition) is 2. The fourth-order valence-electron chi connectivity index (χ4n) is 2.53. The highest BCUT2D eigenvalue weighted by Gasteiger charge is 2.42. The lowest BCUT2D eigenvalue weighted by molar-refractivity contribution is -0.144. The molecule has 2 aliphatic rings. The molecule has 2 atom stereocenters. The van der Waals surface area contributed by atoms with E-state index in [4.69, 9.17) is 0 Å². The number of carboxylic acid groups (broad SMARTS) is 1. The molecular weight excluding hydrogens is 232 g/mol. The van der Waals surface area contributed by atoms with Crippen LogP contribution in [0.2, 0.25) is 0 Å². The van der Waals surface area contributed by atoms with E-state index >= 15 is 0 Å². The second kappa shape index (κ2) is 4.78. The van der Waals surface area contributed by atoms with Gasteiger partial charge in [0.15, 0.2) is 0 Å². The highest BCUT2D eigenvalue weighted by Crippen LogP contribution is 2.35. The lowest BCUT2D eigenvalue weighted by Gasteiger charge is -2.37. The predicted molar refractivity (Wildman–Crippen MR) is 67.3 cm³/mol. The summed E-state index contributed by atoms with van der Waals surface area (Å²) in [5, 5.41) is 12.2. The Balaban J connectivity index is 2.01. The van der Waals surface area contributed by atoms with Crippen molar-refractivity contribution < 1.29 is 14.7 Å². The third kappa shape index (κ3) is 2.76. The minimum atomic E-state index is -0.885. The summed E-state index contributed by atoms with van der Waals surface area (Å²) in [6.45, 7) is 4.63. The number of rotatable bonds is 3. The van der Waals surface area contributed by atoms with Gasteiger partial charge in [-0.05, 0) is 38.5 Å². The van der Waals surface area contributed by atoms with E-state index in [9.17, 15) is 14.7 Å². The topological polar surface area (TPSA) is 69.6 Å². The number of carbonyl (C=O) groups is 2. The average molecular weight is 254 g/mol. The SMILES string of the molecule is CCC1CCN(C(=O)NC2(C)CC2)C(C(=O)O)C1. The first-order valence-corrected chi connectivity index (χ1v) is 6.77. The zero-order chi connectivity index (χ0) is 13.3. The minimum absolute atomic E-state index is 0.0955. The summed E-state index contributed by atoms with van der Waals surface area (Å²) in [7, 11) is 0. The fraction of sp³-hybridized carbons (Fsp3) is 0.846. The number of aliphatic carboxylic acids is 1. The summed E-state index contributed by atoms with van der Waals surface area (Å²) in [6.07, 6.45) is 4.45. The average Bonchev–Trinajstić information content (AvgIpc) is 3.05. The number of amides is 2. The third-order valence-corrected chi connectivity index (χ3v) is 4.24. The molecule has 0 aromatic carbocycles. The van der Waals surface area contributed by atoms with E-state index in [2.05, 4.69) is 12.2 Å². The molecule has 2 unspecified atom stereocenters. The number of carbonyl (C=O) groups excluding carboxylic acids is 1. The molecule has 5 nitrogen and oxygen atoms in total. The molecule has 18 heavy (non-hydrogen) atoms. The molecule has 1 aliphatic carbocycles. The molecule has 0 aromatic rings. The zero-order valence-electron chi connectivity index (χ0n) is 11.1. The van der Waals surface area contributed by atoms with Crippen LogP contribution in [-0.2, 0) is 4.79 Å². The lowest BCUT2D eigenvalue weighted by atomic mass is 9.89. The highest BCUT2D eigenvalue weighted by atomic mass is 16.4. The Morgan fingerprint density at radius 3 is 2.61 bits per heavy atom. The Kier molecular flexibility index (Phi) is 3.50. The van der Waals surface area contributed by atoms with Gasteiger partial charge < -0.3 is 15.3 Å². The maximum atomic E-state index is 12.1. The van der Waals surface area contributed by atoms with Crippen molar-refractivity contribution in [2.24, 2.45) is 5.92 Å². The quantitative estimate of drug-likeness (QED) is 0.807. The molecule has 2 fully saturated rings. The van der Waals surface area contributed by atoms with Crippen LogP contribution in [0.25, 0.3) is 0 Å². The van der Waals surface area contributed by atoms with Crippen molar-refractivity contribution in [1.29, 1.82) is 0 Å². The summed E-state index contributed by atoms with van der Waals surface area (Å²) in [6, 6.07) is -0.872. The van der Waals surface area contributed by atoms with E-state index in [0.717, 1.165) is 25.7 Å². The molecule has 1 saturated heterocycles. The molecule has 0 radical (unpaired) electrons. The molecule has 0 spiro atoms. The van der Waals surface area contributed by atoms with Gasteiger partial charge in [0, 0.05) is 12.1 Å². The van der Waals surface area contributed by atoms with Gasteiger partial charge in [-0.3, -0.25) is 0 Å². The summed E-state index contributed by atoms with van der Waals surface area (Å²) in [5.74, 6) is -0.462.